The van der Waals surface area contributed by atoms with Crippen LogP contribution in [0.1, 0.15) is 51.2 Å². The van der Waals surface area contributed by atoms with Crippen LogP contribution in [0.2, 0.25) is 0 Å². The summed E-state index contributed by atoms with van der Waals surface area (Å²) in [6.07, 6.45) is 9.08. The van der Waals surface area contributed by atoms with Crippen molar-refractivity contribution in [1.29, 1.82) is 0 Å². The van der Waals surface area contributed by atoms with E-state index >= 15 is 0 Å². The molecule has 2 aromatic rings. The van der Waals surface area contributed by atoms with Crippen LogP contribution >= 0.6 is 12.2 Å². The van der Waals surface area contributed by atoms with Crippen molar-refractivity contribution in [2.24, 2.45) is 0 Å². The third-order valence-electron chi connectivity index (χ3n) is 5.71. The van der Waals surface area contributed by atoms with E-state index in [4.69, 9.17) is 26.6 Å². The van der Waals surface area contributed by atoms with E-state index in [1.54, 1.807) is 6.26 Å². The molecule has 2 aliphatic heterocycles. The van der Waals surface area contributed by atoms with E-state index in [2.05, 4.69) is 33.4 Å². The molecule has 7 nitrogen and oxygen atoms in total. The fourth-order valence-electron chi connectivity index (χ4n) is 4.07. The van der Waals surface area contributed by atoms with Gasteiger partial charge >= 0.3 is 0 Å². The van der Waals surface area contributed by atoms with Crippen LogP contribution in [0, 0.1) is 0 Å². The minimum atomic E-state index is 0.490. The monoisotopic (exact) mass is 414 g/mol. The molecule has 0 unspecified atom stereocenters. The lowest BCUT2D eigenvalue weighted by atomic mass is 10.0. The van der Waals surface area contributed by atoms with Gasteiger partial charge in [-0.25, -0.2) is 0 Å². The summed E-state index contributed by atoms with van der Waals surface area (Å²) < 4.78 is 5.35. The fourth-order valence-corrected chi connectivity index (χ4v) is 4.24. The molecular formula is C21H30N6OS. The summed E-state index contributed by atoms with van der Waals surface area (Å²) in [4.78, 5) is 14.4. The molecule has 156 valence electrons. The summed E-state index contributed by atoms with van der Waals surface area (Å²) in [7, 11) is 0. The molecule has 2 aromatic heterocycles. The highest BCUT2D eigenvalue weighted by atomic mass is 32.1. The number of piperidine rings is 2. The summed E-state index contributed by atoms with van der Waals surface area (Å²) >= 11 is 5.46. The average Bonchev–Trinajstić information content (AvgIpc) is 3.27. The number of rotatable bonds is 5. The van der Waals surface area contributed by atoms with Crippen LogP contribution in [0.15, 0.2) is 28.9 Å². The Labute approximate surface area is 177 Å². The second-order valence-corrected chi connectivity index (χ2v) is 8.29. The quantitative estimate of drug-likeness (QED) is 0.714. The molecule has 4 rings (SSSR count). The first-order valence-corrected chi connectivity index (χ1v) is 11.1. The lowest BCUT2D eigenvalue weighted by molar-refractivity contribution is 0.481. The van der Waals surface area contributed by atoms with Crippen LogP contribution in [0.25, 0.3) is 0 Å². The van der Waals surface area contributed by atoms with Crippen LogP contribution in [-0.2, 0) is 6.54 Å². The van der Waals surface area contributed by atoms with Crippen LogP contribution in [0.3, 0.4) is 0 Å². The van der Waals surface area contributed by atoms with Gasteiger partial charge in [-0.15, -0.1) is 0 Å². The molecule has 0 radical (unpaired) electrons. The Hall–Kier alpha value is -2.35. The zero-order valence-electron chi connectivity index (χ0n) is 17.1. The van der Waals surface area contributed by atoms with Crippen molar-refractivity contribution in [2.45, 2.75) is 58.0 Å². The van der Waals surface area contributed by atoms with Crippen LogP contribution in [0.4, 0.5) is 17.6 Å². The summed E-state index contributed by atoms with van der Waals surface area (Å²) in [6.45, 7) is 5.95. The molecule has 0 bridgehead atoms. The number of nitrogens with one attached hydrogen (secondary N) is 2. The minimum absolute atomic E-state index is 0.490. The highest BCUT2D eigenvalue weighted by Crippen LogP contribution is 2.28. The molecular weight excluding hydrogens is 384 g/mol. The fraction of sp³-hybridized carbons (Fsp3) is 0.571. The van der Waals surface area contributed by atoms with Crippen molar-refractivity contribution in [3.05, 3.63) is 30.2 Å². The van der Waals surface area contributed by atoms with Gasteiger partial charge in [-0.3, -0.25) is 0 Å². The number of thiocarbonyl (C=S) groups is 1. The van der Waals surface area contributed by atoms with Crippen LogP contribution < -0.4 is 20.4 Å². The largest absolute Gasteiger partial charge is 0.467 e. The Balaban J connectivity index is 1.52. The minimum Gasteiger partial charge on any atom is -0.467 e. The zero-order valence-corrected chi connectivity index (χ0v) is 17.9. The van der Waals surface area contributed by atoms with Gasteiger partial charge in [0, 0.05) is 31.7 Å². The van der Waals surface area contributed by atoms with E-state index in [-0.39, 0.29) is 0 Å². The highest BCUT2D eigenvalue weighted by Gasteiger charge is 2.23. The molecule has 1 atom stereocenters. The third-order valence-corrected chi connectivity index (χ3v) is 5.95. The van der Waals surface area contributed by atoms with Gasteiger partial charge in [0.15, 0.2) is 5.11 Å². The zero-order chi connectivity index (χ0) is 20.1. The number of nitrogens with zero attached hydrogens (tertiary/aromatic N) is 4. The molecule has 2 fully saturated rings. The first-order chi connectivity index (χ1) is 14.2. The van der Waals surface area contributed by atoms with E-state index < -0.39 is 0 Å². The maximum atomic E-state index is 5.46. The molecule has 0 amide bonds. The van der Waals surface area contributed by atoms with Crippen molar-refractivity contribution < 1.29 is 4.42 Å². The van der Waals surface area contributed by atoms with Gasteiger partial charge in [0.1, 0.15) is 17.4 Å². The van der Waals surface area contributed by atoms with Crippen LogP contribution in [0.5, 0.6) is 0 Å². The molecule has 0 spiro atoms. The Morgan fingerprint density at radius 2 is 1.93 bits per heavy atom. The molecule has 8 heteroatoms. The number of furan rings is 1. The summed E-state index contributed by atoms with van der Waals surface area (Å²) in [5, 5.41) is 6.84. The highest BCUT2D eigenvalue weighted by molar-refractivity contribution is 7.80. The smallest absolute Gasteiger partial charge is 0.232 e. The normalized spacial score (nSPS) is 19.8. The maximum Gasteiger partial charge on any atom is 0.232 e. The Bertz CT molecular complexity index is 806. The van der Waals surface area contributed by atoms with Crippen molar-refractivity contribution >= 4 is 34.9 Å². The predicted octanol–water partition coefficient (Wildman–Crippen LogP) is 3.93. The molecule has 2 aliphatic rings. The van der Waals surface area contributed by atoms with E-state index in [1.807, 2.05) is 12.1 Å². The van der Waals surface area contributed by atoms with E-state index in [0.717, 1.165) is 37.0 Å². The lowest BCUT2D eigenvalue weighted by Gasteiger charge is -2.35. The van der Waals surface area contributed by atoms with Gasteiger partial charge in [-0.2, -0.15) is 9.97 Å². The molecule has 0 saturated carbocycles. The van der Waals surface area contributed by atoms with Gasteiger partial charge in [0.25, 0.3) is 0 Å². The average molecular weight is 415 g/mol. The van der Waals surface area contributed by atoms with Gasteiger partial charge in [0.05, 0.1) is 12.8 Å². The van der Waals surface area contributed by atoms with E-state index in [0.29, 0.717) is 23.6 Å². The lowest BCUT2D eigenvalue weighted by Crippen LogP contribution is -2.39. The number of hydrogen-bond donors (Lipinski definition) is 2. The molecule has 2 N–H and O–H groups in total. The second kappa shape index (κ2) is 9.43. The van der Waals surface area contributed by atoms with Crippen molar-refractivity contribution in [3.63, 3.8) is 0 Å². The Morgan fingerprint density at radius 1 is 1.14 bits per heavy atom. The second-order valence-electron chi connectivity index (χ2n) is 7.88. The number of aromatic nitrogens is 2. The Morgan fingerprint density at radius 3 is 2.69 bits per heavy atom. The maximum absolute atomic E-state index is 5.46. The van der Waals surface area contributed by atoms with Gasteiger partial charge in [-0.1, -0.05) is 0 Å². The Kier molecular flexibility index (Phi) is 6.49. The molecule has 0 aliphatic carbocycles. The van der Waals surface area contributed by atoms with E-state index in [9.17, 15) is 0 Å². The van der Waals surface area contributed by atoms with Crippen LogP contribution in [-0.4, -0.2) is 40.8 Å². The summed E-state index contributed by atoms with van der Waals surface area (Å²) in [6, 6.07) is 6.42. The standard InChI is InChI=1S/C21H30N6OS/c1-16-8-3-6-12-27(16)19-14-18(26-10-4-2-5-11-26)23-20(24-19)25-21(29)22-15-17-9-7-13-28-17/h7,9,13-14,16H,2-6,8,10-12,15H2,1H3,(H2,22,23,24,25,29)/t16-/m0/s1. The van der Waals surface area contributed by atoms with Gasteiger partial charge < -0.3 is 24.9 Å². The topological polar surface area (TPSA) is 69.5 Å². The van der Waals surface area contributed by atoms with Crippen molar-refractivity contribution in [1.82, 2.24) is 15.3 Å². The first-order valence-electron chi connectivity index (χ1n) is 10.7. The molecule has 29 heavy (non-hydrogen) atoms. The predicted molar refractivity (Wildman–Crippen MR) is 121 cm³/mol. The third kappa shape index (κ3) is 5.18. The van der Waals surface area contributed by atoms with Crippen molar-refractivity contribution in [3.8, 4) is 0 Å². The van der Waals surface area contributed by atoms with Gasteiger partial charge in [-0.05, 0) is 69.8 Å². The van der Waals surface area contributed by atoms with Gasteiger partial charge in [0.2, 0.25) is 5.95 Å². The summed E-state index contributed by atoms with van der Waals surface area (Å²) in [5.41, 5.74) is 0. The van der Waals surface area contributed by atoms with E-state index in [1.165, 1.54) is 38.5 Å². The first kappa shape index (κ1) is 19.9. The molecule has 4 heterocycles. The molecule has 0 aromatic carbocycles. The SMILES string of the molecule is C[C@H]1CCCCN1c1cc(N2CCCCC2)nc(NC(=S)NCc2ccco2)n1. The van der Waals surface area contributed by atoms with Crippen molar-refractivity contribution in [2.75, 3.05) is 34.8 Å². The molecule has 2 saturated heterocycles. The summed E-state index contributed by atoms with van der Waals surface area (Å²) in [5.74, 6) is 3.37. The number of hydrogen-bond acceptors (Lipinski definition) is 6. The number of anilines is 3.